The molecule has 0 spiro atoms. The summed E-state index contributed by atoms with van der Waals surface area (Å²) in [4.78, 5) is 3.78. The molecule has 0 amide bonds. The van der Waals surface area contributed by atoms with Gasteiger partial charge in [0.2, 0.25) is 0 Å². The van der Waals surface area contributed by atoms with E-state index < -0.39 is 0 Å². The zero-order chi connectivity index (χ0) is 28.6. The molecule has 1 aromatic carbocycles. The van der Waals surface area contributed by atoms with Crippen molar-refractivity contribution in [2.24, 2.45) is 11.5 Å². The lowest BCUT2D eigenvalue weighted by molar-refractivity contribution is 0.226. The molecule has 0 radical (unpaired) electrons. The number of benzene rings is 1. The fourth-order valence-electron chi connectivity index (χ4n) is 1.78. The topological polar surface area (TPSA) is 98.0 Å². The average Bonchev–Trinajstić information content (AvgIpc) is 2.91. The number of hydrogen-bond donors (Lipinski definition) is 3. The number of ether oxygens (including phenoxy) is 1. The number of nitrogens with zero attached hydrogens (tertiary/aromatic N) is 1. The fourth-order valence-corrected chi connectivity index (χ4v) is 1.78. The van der Waals surface area contributed by atoms with Crippen LogP contribution in [0.15, 0.2) is 116 Å². The molecule has 36 heavy (non-hydrogen) atoms. The van der Waals surface area contributed by atoms with Crippen LogP contribution in [0.25, 0.3) is 0 Å². The van der Waals surface area contributed by atoms with E-state index in [0.29, 0.717) is 17.9 Å². The first-order valence-corrected chi connectivity index (χ1v) is 11.5. The average molecular weight is 499 g/mol. The van der Waals surface area contributed by atoms with Gasteiger partial charge in [-0.3, -0.25) is 10.4 Å². The molecule has 1 heterocycles. The number of allylic oxidation sites excluding steroid dienone is 5. The second kappa shape index (κ2) is 33.4. The monoisotopic (exact) mass is 498 g/mol. The van der Waals surface area contributed by atoms with Gasteiger partial charge in [-0.1, -0.05) is 57.4 Å². The molecular weight excluding hydrogens is 451 g/mol. The lowest BCUT2D eigenvalue weighted by atomic mass is 10.0. The lowest BCUT2D eigenvalue weighted by Crippen LogP contribution is -2.00. The summed E-state index contributed by atoms with van der Waals surface area (Å²) >= 11 is 0. The van der Waals surface area contributed by atoms with Gasteiger partial charge in [0.1, 0.15) is 5.82 Å². The maximum atomic E-state index is 12.8. The Bertz CT molecular complexity index is 806. The summed E-state index contributed by atoms with van der Waals surface area (Å²) in [5, 5.41) is 8.00. The van der Waals surface area contributed by atoms with Crippen LogP contribution in [0.4, 0.5) is 4.39 Å². The summed E-state index contributed by atoms with van der Waals surface area (Å²) in [5.41, 5.74) is 12.3. The van der Waals surface area contributed by atoms with E-state index in [2.05, 4.69) is 29.6 Å². The SMILES string of the molecule is C/C=C/C.C=CN.C=CN.CC.COC/C(C)=C/C=C(\C)C(=N)c1ccc(F)cc1.c1ccncc1. The summed E-state index contributed by atoms with van der Waals surface area (Å²) in [7, 11) is 1.65. The Morgan fingerprint density at radius 2 is 1.39 bits per heavy atom. The summed E-state index contributed by atoms with van der Waals surface area (Å²) < 4.78 is 17.8. The van der Waals surface area contributed by atoms with Crippen molar-refractivity contribution in [1.29, 1.82) is 5.41 Å². The molecular formula is C30H47FN4O. The van der Waals surface area contributed by atoms with Crippen LogP contribution in [0.1, 0.15) is 47.1 Å². The summed E-state index contributed by atoms with van der Waals surface area (Å²) in [6.07, 6.45) is 13.8. The van der Waals surface area contributed by atoms with E-state index in [4.69, 9.17) is 10.1 Å². The van der Waals surface area contributed by atoms with Crippen LogP contribution in [0.5, 0.6) is 0 Å². The van der Waals surface area contributed by atoms with Gasteiger partial charge >= 0.3 is 0 Å². The minimum absolute atomic E-state index is 0.288. The van der Waals surface area contributed by atoms with Gasteiger partial charge in [-0.05, 0) is 93.2 Å². The van der Waals surface area contributed by atoms with Crippen molar-refractivity contribution in [2.75, 3.05) is 13.7 Å². The van der Waals surface area contributed by atoms with Crippen LogP contribution in [-0.4, -0.2) is 24.4 Å². The fraction of sp³-hybridized carbons (Fsp3) is 0.267. The first-order valence-electron chi connectivity index (χ1n) is 11.5. The maximum absolute atomic E-state index is 12.8. The molecule has 200 valence electrons. The number of nitrogens with two attached hydrogens (primary N) is 2. The van der Waals surface area contributed by atoms with E-state index in [1.807, 2.05) is 84.0 Å². The molecule has 0 atom stereocenters. The normalized spacial score (nSPS) is 9.56. The molecule has 0 saturated carbocycles. The van der Waals surface area contributed by atoms with Crippen LogP contribution in [0.2, 0.25) is 0 Å². The molecule has 0 unspecified atom stereocenters. The molecule has 2 aromatic rings. The molecule has 6 heteroatoms. The first-order chi connectivity index (χ1) is 17.3. The van der Waals surface area contributed by atoms with Gasteiger partial charge in [-0.2, -0.15) is 0 Å². The molecule has 0 fully saturated rings. The van der Waals surface area contributed by atoms with E-state index in [0.717, 1.165) is 11.1 Å². The predicted molar refractivity (Wildman–Crippen MR) is 157 cm³/mol. The summed E-state index contributed by atoms with van der Waals surface area (Å²) in [6, 6.07) is 11.7. The van der Waals surface area contributed by atoms with Crippen molar-refractivity contribution in [1.82, 2.24) is 4.98 Å². The third-order valence-electron chi connectivity index (χ3n) is 3.42. The minimum atomic E-state index is -0.288. The van der Waals surface area contributed by atoms with Crippen molar-refractivity contribution < 1.29 is 9.13 Å². The van der Waals surface area contributed by atoms with Gasteiger partial charge in [-0.15, -0.1) is 0 Å². The van der Waals surface area contributed by atoms with Gasteiger partial charge in [0.15, 0.2) is 0 Å². The maximum Gasteiger partial charge on any atom is 0.123 e. The number of hydrogen-bond acceptors (Lipinski definition) is 5. The Hall–Kier alpha value is -3.77. The Morgan fingerprint density at radius 3 is 1.69 bits per heavy atom. The van der Waals surface area contributed by atoms with Gasteiger partial charge in [-0.25, -0.2) is 4.39 Å². The molecule has 5 N–H and O–H groups in total. The van der Waals surface area contributed by atoms with E-state index in [1.54, 1.807) is 31.6 Å². The number of rotatable bonds is 5. The first kappa shape index (κ1) is 39.4. The molecule has 1 aromatic heterocycles. The quantitative estimate of drug-likeness (QED) is 0.224. The van der Waals surface area contributed by atoms with Crippen molar-refractivity contribution in [2.45, 2.75) is 41.5 Å². The predicted octanol–water partition coefficient (Wildman–Crippen LogP) is 7.60. The van der Waals surface area contributed by atoms with Gasteiger partial charge < -0.3 is 16.2 Å². The Balaban J connectivity index is -0.000000231. The molecule has 5 nitrogen and oxygen atoms in total. The Labute approximate surface area is 219 Å². The van der Waals surface area contributed by atoms with Crippen molar-refractivity contribution in [3.8, 4) is 0 Å². The minimum Gasteiger partial charge on any atom is -0.405 e. The molecule has 2 rings (SSSR count). The molecule has 0 saturated heterocycles. The number of pyridine rings is 1. The van der Waals surface area contributed by atoms with Crippen molar-refractivity contribution >= 4 is 5.71 Å². The van der Waals surface area contributed by atoms with E-state index >= 15 is 0 Å². The van der Waals surface area contributed by atoms with E-state index in [1.165, 1.54) is 24.5 Å². The second-order valence-electron chi connectivity index (χ2n) is 6.34. The molecule has 0 aliphatic heterocycles. The van der Waals surface area contributed by atoms with Crippen LogP contribution in [0, 0.1) is 11.2 Å². The number of nitrogens with one attached hydrogen (secondary N) is 1. The van der Waals surface area contributed by atoms with Crippen LogP contribution >= 0.6 is 0 Å². The highest BCUT2D eigenvalue weighted by Gasteiger charge is 2.03. The zero-order valence-electron chi connectivity index (χ0n) is 23.2. The van der Waals surface area contributed by atoms with Crippen LogP contribution in [0.3, 0.4) is 0 Å². The zero-order valence-corrected chi connectivity index (χ0v) is 23.2. The lowest BCUT2D eigenvalue weighted by Gasteiger charge is -2.04. The van der Waals surface area contributed by atoms with E-state index in [9.17, 15) is 4.39 Å². The second-order valence-corrected chi connectivity index (χ2v) is 6.34. The number of aromatic nitrogens is 1. The van der Waals surface area contributed by atoms with Gasteiger partial charge in [0, 0.05) is 19.5 Å². The smallest absolute Gasteiger partial charge is 0.123 e. The Morgan fingerprint density at radius 1 is 0.944 bits per heavy atom. The third kappa shape index (κ3) is 30.2. The number of methoxy groups -OCH3 is 1. The van der Waals surface area contributed by atoms with E-state index in [-0.39, 0.29) is 5.82 Å². The van der Waals surface area contributed by atoms with Crippen LogP contribution < -0.4 is 11.5 Å². The number of halogens is 1. The standard InChI is InChI=1S/C15H18FNO.C5H5N.C4H8.2C2H5N.C2H6/c1-11(10-18-3)4-5-12(2)15(17)13-6-8-14(16)9-7-13;1-2-4-6-5-3-1;1-3-4-2;2*1-2-3;1-2/h4-9,17H,10H2,1-3H3;1-5H;3-4H,1-2H3;2*2H,1,3H2;1-2H3/b11-4+,12-5+,17-15?;;4-3+;;;. The molecule has 0 aliphatic rings. The largest absolute Gasteiger partial charge is 0.405 e. The van der Waals surface area contributed by atoms with Gasteiger partial charge in [0.25, 0.3) is 0 Å². The van der Waals surface area contributed by atoms with Crippen molar-refractivity contribution in [3.05, 3.63) is 127 Å². The Kier molecular flexibility index (Phi) is 36.6. The van der Waals surface area contributed by atoms with Crippen LogP contribution in [-0.2, 0) is 4.74 Å². The highest BCUT2D eigenvalue weighted by atomic mass is 19.1. The van der Waals surface area contributed by atoms with Crippen molar-refractivity contribution in [3.63, 3.8) is 0 Å². The summed E-state index contributed by atoms with van der Waals surface area (Å²) in [6.45, 7) is 18.7. The van der Waals surface area contributed by atoms with Gasteiger partial charge in [0.05, 0.1) is 12.3 Å². The molecule has 0 aliphatic carbocycles. The third-order valence-corrected chi connectivity index (χ3v) is 3.42. The molecule has 0 bridgehead atoms. The highest BCUT2D eigenvalue weighted by molar-refractivity contribution is 6.10. The highest BCUT2D eigenvalue weighted by Crippen LogP contribution is 2.10. The summed E-state index contributed by atoms with van der Waals surface area (Å²) in [5.74, 6) is -0.288.